The zero-order chi connectivity index (χ0) is 8.81. The molecule has 0 aliphatic heterocycles. The Morgan fingerprint density at radius 3 is 2.83 bits per heavy atom. The lowest BCUT2D eigenvalue weighted by Crippen LogP contribution is -1.86. The van der Waals surface area contributed by atoms with E-state index < -0.39 is 0 Å². The summed E-state index contributed by atoms with van der Waals surface area (Å²) in [6.07, 6.45) is 1.43. The first-order valence-corrected chi connectivity index (χ1v) is 3.40. The zero-order valence-electron chi connectivity index (χ0n) is 6.32. The first kappa shape index (κ1) is 8.19. The van der Waals surface area contributed by atoms with Crippen molar-refractivity contribution in [1.29, 1.82) is 5.26 Å². The molecule has 12 heavy (non-hydrogen) atoms. The van der Waals surface area contributed by atoms with Crippen molar-refractivity contribution in [3.63, 3.8) is 0 Å². The minimum Gasteiger partial charge on any atom is -0.211 e. The highest BCUT2D eigenvalue weighted by Crippen LogP contribution is 2.07. The van der Waals surface area contributed by atoms with Crippen LogP contribution in [-0.4, -0.2) is 6.08 Å². The third-order valence-corrected chi connectivity index (χ3v) is 1.45. The van der Waals surface area contributed by atoms with Crippen molar-refractivity contribution in [3.8, 4) is 6.07 Å². The predicted molar refractivity (Wildman–Crippen MR) is 43.0 cm³/mol. The summed E-state index contributed by atoms with van der Waals surface area (Å²) in [5, 5.41) is 8.63. The quantitative estimate of drug-likeness (QED) is 0.482. The summed E-state index contributed by atoms with van der Waals surface area (Å²) in [5.74, 6) is 0. The van der Waals surface area contributed by atoms with Gasteiger partial charge in [0.2, 0.25) is 6.08 Å². The lowest BCUT2D eigenvalue weighted by Gasteiger charge is -1.95. The minimum absolute atomic E-state index is 0.229. The van der Waals surface area contributed by atoms with Gasteiger partial charge < -0.3 is 0 Å². The van der Waals surface area contributed by atoms with Gasteiger partial charge in [-0.05, 0) is 11.6 Å². The fourth-order valence-electron chi connectivity index (χ4n) is 0.885. The smallest absolute Gasteiger partial charge is 0.211 e. The standard InChI is InChI=1S/C9H6N2O/c10-5-8-3-1-2-4-9(8)6-11-7-12/h1-4H,6H2. The average Bonchev–Trinajstić information content (AvgIpc) is 2.15. The van der Waals surface area contributed by atoms with E-state index in [4.69, 9.17) is 5.26 Å². The maximum absolute atomic E-state index is 9.80. The Balaban J connectivity index is 2.98. The second kappa shape index (κ2) is 4.07. The molecule has 3 heteroatoms. The Morgan fingerprint density at radius 2 is 2.17 bits per heavy atom. The summed E-state index contributed by atoms with van der Waals surface area (Å²) in [6.45, 7) is 0.229. The number of carbonyl (C=O) groups excluding carboxylic acids is 1. The van der Waals surface area contributed by atoms with Crippen LogP contribution >= 0.6 is 0 Å². The lowest BCUT2D eigenvalue weighted by atomic mass is 10.1. The van der Waals surface area contributed by atoms with E-state index in [9.17, 15) is 4.79 Å². The Bertz CT molecular complexity index is 359. The van der Waals surface area contributed by atoms with E-state index in [-0.39, 0.29) is 6.54 Å². The van der Waals surface area contributed by atoms with Crippen LogP contribution in [0.15, 0.2) is 29.3 Å². The molecule has 0 aliphatic carbocycles. The fourth-order valence-corrected chi connectivity index (χ4v) is 0.885. The Morgan fingerprint density at radius 1 is 1.42 bits per heavy atom. The Hall–Kier alpha value is -1.91. The predicted octanol–water partition coefficient (Wildman–Crippen LogP) is 1.39. The summed E-state index contributed by atoms with van der Waals surface area (Å²) in [6, 6.07) is 9.04. The molecule has 0 fully saturated rings. The van der Waals surface area contributed by atoms with Gasteiger partial charge in [-0.1, -0.05) is 18.2 Å². The monoisotopic (exact) mass is 158 g/mol. The van der Waals surface area contributed by atoms with Crippen molar-refractivity contribution < 1.29 is 4.79 Å². The molecule has 1 aromatic carbocycles. The van der Waals surface area contributed by atoms with Crippen LogP contribution in [0.4, 0.5) is 0 Å². The van der Waals surface area contributed by atoms with Crippen molar-refractivity contribution >= 4 is 6.08 Å². The van der Waals surface area contributed by atoms with Gasteiger partial charge in [0.15, 0.2) is 0 Å². The van der Waals surface area contributed by atoms with Gasteiger partial charge >= 0.3 is 0 Å². The summed E-state index contributed by atoms with van der Waals surface area (Å²) >= 11 is 0. The largest absolute Gasteiger partial charge is 0.235 e. The summed E-state index contributed by atoms with van der Waals surface area (Å²) in [4.78, 5) is 13.2. The Kier molecular flexibility index (Phi) is 2.78. The highest BCUT2D eigenvalue weighted by molar-refractivity contribution is 5.39. The molecule has 1 rings (SSSR count). The van der Waals surface area contributed by atoms with E-state index in [2.05, 4.69) is 4.99 Å². The molecule has 0 saturated heterocycles. The minimum atomic E-state index is 0.229. The zero-order valence-corrected chi connectivity index (χ0v) is 6.32. The molecule has 0 spiro atoms. The second-order valence-corrected chi connectivity index (χ2v) is 2.18. The molecule has 0 unspecified atom stereocenters. The van der Waals surface area contributed by atoms with Crippen molar-refractivity contribution in [2.24, 2.45) is 4.99 Å². The molecule has 0 aliphatic rings. The number of hydrogen-bond acceptors (Lipinski definition) is 3. The van der Waals surface area contributed by atoms with Crippen molar-refractivity contribution in [2.75, 3.05) is 0 Å². The van der Waals surface area contributed by atoms with E-state index in [1.807, 2.05) is 6.07 Å². The van der Waals surface area contributed by atoms with Crippen LogP contribution in [0.25, 0.3) is 0 Å². The number of isocyanates is 1. The molecule has 0 bridgehead atoms. The number of nitrogens with zero attached hydrogens (tertiary/aromatic N) is 2. The third kappa shape index (κ3) is 1.79. The van der Waals surface area contributed by atoms with Crippen molar-refractivity contribution in [1.82, 2.24) is 0 Å². The molecule has 1 aromatic rings. The summed E-state index contributed by atoms with van der Waals surface area (Å²) in [5.41, 5.74) is 1.31. The van der Waals surface area contributed by atoms with Gasteiger partial charge in [0.25, 0.3) is 0 Å². The highest BCUT2D eigenvalue weighted by Gasteiger charge is 1.97. The number of rotatable bonds is 2. The van der Waals surface area contributed by atoms with Crippen LogP contribution in [0.2, 0.25) is 0 Å². The first-order valence-electron chi connectivity index (χ1n) is 3.40. The van der Waals surface area contributed by atoms with Gasteiger partial charge in [-0.15, -0.1) is 0 Å². The maximum atomic E-state index is 9.80. The van der Waals surface area contributed by atoms with E-state index in [0.717, 1.165) is 5.56 Å². The van der Waals surface area contributed by atoms with Crippen LogP contribution in [0, 0.1) is 11.3 Å². The molecule has 0 radical (unpaired) electrons. The fraction of sp³-hybridized carbons (Fsp3) is 0.111. The Labute approximate surface area is 70.0 Å². The SMILES string of the molecule is N#Cc1ccccc1CN=C=O. The molecule has 0 amide bonds. The molecule has 0 atom stereocenters. The number of benzene rings is 1. The topological polar surface area (TPSA) is 53.2 Å². The van der Waals surface area contributed by atoms with Crippen molar-refractivity contribution in [2.45, 2.75) is 6.54 Å². The number of nitriles is 1. The molecular formula is C9H6N2O. The third-order valence-electron chi connectivity index (χ3n) is 1.45. The van der Waals surface area contributed by atoms with Gasteiger partial charge in [-0.3, -0.25) is 0 Å². The first-order chi connectivity index (χ1) is 5.88. The van der Waals surface area contributed by atoms with E-state index >= 15 is 0 Å². The molecule has 3 nitrogen and oxygen atoms in total. The normalized spacial score (nSPS) is 8.25. The van der Waals surface area contributed by atoms with Gasteiger partial charge in [0.1, 0.15) is 0 Å². The van der Waals surface area contributed by atoms with Gasteiger partial charge in [-0.25, -0.2) is 9.79 Å². The average molecular weight is 158 g/mol. The molecule has 0 saturated carbocycles. The van der Waals surface area contributed by atoms with Crippen LogP contribution < -0.4 is 0 Å². The summed E-state index contributed by atoms with van der Waals surface area (Å²) < 4.78 is 0. The highest BCUT2D eigenvalue weighted by atomic mass is 16.1. The number of hydrogen-bond donors (Lipinski definition) is 0. The molecule has 0 aromatic heterocycles. The van der Waals surface area contributed by atoms with Crippen LogP contribution in [-0.2, 0) is 11.3 Å². The van der Waals surface area contributed by atoms with Crippen LogP contribution in [0.5, 0.6) is 0 Å². The summed E-state index contributed by atoms with van der Waals surface area (Å²) in [7, 11) is 0. The van der Waals surface area contributed by atoms with Crippen LogP contribution in [0.1, 0.15) is 11.1 Å². The van der Waals surface area contributed by atoms with E-state index in [0.29, 0.717) is 5.56 Å². The van der Waals surface area contributed by atoms with E-state index in [1.165, 1.54) is 6.08 Å². The molecule has 0 heterocycles. The number of aliphatic imine (C=N–C) groups is 1. The van der Waals surface area contributed by atoms with Gasteiger partial charge in [-0.2, -0.15) is 5.26 Å². The second-order valence-electron chi connectivity index (χ2n) is 2.18. The van der Waals surface area contributed by atoms with Crippen LogP contribution in [0.3, 0.4) is 0 Å². The molecular weight excluding hydrogens is 152 g/mol. The maximum Gasteiger partial charge on any atom is 0.235 e. The van der Waals surface area contributed by atoms with Gasteiger partial charge in [0.05, 0.1) is 18.2 Å². The lowest BCUT2D eigenvalue weighted by molar-refractivity contribution is 0.563. The van der Waals surface area contributed by atoms with Gasteiger partial charge in [0, 0.05) is 0 Å². The molecule has 0 N–H and O–H groups in total. The van der Waals surface area contributed by atoms with E-state index in [1.54, 1.807) is 24.3 Å². The van der Waals surface area contributed by atoms with Crippen molar-refractivity contribution in [3.05, 3.63) is 35.4 Å². The molecule has 58 valence electrons.